The number of thiophene rings is 1. The van der Waals surface area contributed by atoms with E-state index in [1.807, 2.05) is 32.0 Å². The zero-order valence-corrected chi connectivity index (χ0v) is 24.1. The fourth-order valence-electron chi connectivity index (χ4n) is 5.62. The van der Waals surface area contributed by atoms with Crippen LogP contribution in [0.15, 0.2) is 21.9 Å². The number of nitrogens with zero attached hydrogens (tertiary/aromatic N) is 6. The molecule has 1 fully saturated rings. The average Bonchev–Trinajstić information content (AvgIpc) is 3.61. The molecule has 38 heavy (non-hydrogen) atoms. The van der Waals surface area contributed by atoms with E-state index in [9.17, 15) is 10.1 Å². The molecule has 9 nitrogen and oxygen atoms in total. The molecular weight excluding hydrogens is 518 g/mol. The van der Waals surface area contributed by atoms with Crippen LogP contribution in [0.3, 0.4) is 0 Å². The number of likely N-dealkylation sites (N-methyl/N-ethyl adjacent to an activating group) is 1. The highest BCUT2D eigenvalue weighted by Crippen LogP contribution is 2.51. The van der Waals surface area contributed by atoms with Crippen LogP contribution in [0.5, 0.6) is 6.01 Å². The van der Waals surface area contributed by atoms with Crippen LogP contribution >= 0.6 is 22.9 Å². The normalized spacial score (nSPS) is 22.4. The maximum atomic E-state index is 12.5. The van der Waals surface area contributed by atoms with Gasteiger partial charge in [0, 0.05) is 41.4 Å². The van der Waals surface area contributed by atoms with Crippen LogP contribution in [-0.4, -0.2) is 70.3 Å². The molecule has 0 spiro atoms. The summed E-state index contributed by atoms with van der Waals surface area (Å²) in [5, 5.41) is 10.9. The SMILES string of the molecule is C[C@H](Oc1nc(-c2cc(C3(C)CCCc4sc(/N=C/N(C)C)c(C#N)c43)sn2)cc(=O)[nH]1)[C@@H]1CCCN1C. The Morgan fingerprint density at radius 2 is 2.18 bits per heavy atom. The third-order valence-corrected chi connectivity index (χ3v) is 9.78. The molecule has 0 saturated carbocycles. The molecule has 1 aliphatic carbocycles. The summed E-state index contributed by atoms with van der Waals surface area (Å²) < 4.78 is 10.8. The Labute approximate surface area is 231 Å². The molecule has 0 bridgehead atoms. The van der Waals surface area contributed by atoms with E-state index >= 15 is 0 Å². The van der Waals surface area contributed by atoms with Crippen LogP contribution in [-0.2, 0) is 11.8 Å². The number of hydrogen-bond donors (Lipinski definition) is 1. The highest BCUT2D eigenvalue weighted by molar-refractivity contribution is 7.16. The Morgan fingerprint density at radius 1 is 1.37 bits per heavy atom. The van der Waals surface area contributed by atoms with Gasteiger partial charge in [0.15, 0.2) is 0 Å². The summed E-state index contributed by atoms with van der Waals surface area (Å²) in [4.78, 5) is 30.9. The van der Waals surface area contributed by atoms with Crippen molar-refractivity contribution in [3.8, 4) is 23.5 Å². The maximum Gasteiger partial charge on any atom is 0.297 e. The van der Waals surface area contributed by atoms with Crippen LogP contribution in [0.25, 0.3) is 11.4 Å². The van der Waals surface area contributed by atoms with E-state index in [0.717, 1.165) is 54.1 Å². The molecule has 200 valence electrons. The Hall–Kier alpha value is -3.07. The Bertz CT molecular complexity index is 1450. The average molecular weight is 552 g/mol. The first-order chi connectivity index (χ1) is 18.2. The van der Waals surface area contributed by atoms with Gasteiger partial charge in [0.1, 0.15) is 28.6 Å². The zero-order valence-electron chi connectivity index (χ0n) is 22.4. The molecule has 0 radical (unpaired) electrons. The van der Waals surface area contributed by atoms with Crippen LogP contribution in [0, 0.1) is 11.3 Å². The minimum atomic E-state index is -0.362. The van der Waals surface area contributed by atoms with Crippen molar-refractivity contribution in [1.29, 1.82) is 5.26 Å². The summed E-state index contributed by atoms with van der Waals surface area (Å²) in [6.07, 6.45) is 6.72. The number of nitrogens with one attached hydrogen (secondary N) is 1. The molecule has 1 N–H and O–H groups in total. The Morgan fingerprint density at radius 3 is 2.89 bits per heavy atom. The largest absolute Gasteiger partial charge is 0.460 e. The van der Waals surface area contributed by atoms with E-state index in [1.54, 1.807) is 17.7 Å². The lowest BCUT2D eigenvalue weighted by Crippen LogP contribution is -2.38. The van der Waals surface area contributed by atoms with Gasteiger partial charge in [0.2, 0.25) is 0 Å². The Balaban J connectivity index is 1.47. The first kappa shape index (κ1) is 26.5. The molecule has 1 saturated heterocycles. The highest BCUT2D eigenvalue weighted by atomic mass is 32.1. The van der Waals surface area contributed by atoms with Crippen molar-refractivity contribution < 1.29 is 4.74 Å². The topological polar surface area (TPSA) is 110 Å². The van der Waals surface area contributed by atoms with Gasteiger partial charge in [-0.15, -0.1) is 11.3 Å². The minimum Gasteiger partial charge on any atom is -0.460 e. The second kappa shape index (κ2) is 10.6. The molecule has 1 aliphatic heterocycles. The highest BCUT2D eigenvalue weighted by Gasteiger charge is 2.40. The van der Waals surface area contributed by atoms with E-state index in [1.165, 1.54) is 22.5 Å². The lowest BCUT2D eigenvalue weighted by atomic mass is 9.71. The number of aryl methyl sites for hydroxylation is 1. The van der Waals surface area contributed by atoms with Crippen molar-refractivity contribution in [1.82, 2.24) is 24.1 Å². The minimum absolute atomic E-state index is 0.0983. The first-order valence-corrected chi connectivity index (χ1v) is 14.5. The maximum absolute atomic E-state index is 12.5. The van der Waals surface area contributed by atoms with Crippen LogP contribution in [0.1, 0.15) is 60.4 Å². The summed E-state index contributed by atoms with van der Waals surface area (Å²) >= 11 is 3.01. The van der Waals surface area contributed by atoms with Gasteiger partial charge in [-0.25, -0.2) is 4.99 Å². The number of hydrogen-bond acceptors (Lipinski definition) is 9. The van der Waals surface area contributed by atoms with Crippen LogP contribution < -0.4 is 10.3 Å². The standard InChI is InChI=1S/C27H33N7O2S2/c1-16(20-8-7-11-34(20)5)36-26-30-18(13-23(35)31-26)19-12-22(38-32-19)27(2)10-6-9-21-24(27)17(14-28)25(37-21)29-15-33(3)4/h12-13,15-16,20H,6-11H2,1-5H3,(H,30,31,35)/b29-15+/t16-,20-,27?/m0/s1. The number of H-pyrrole nitrogens is 1. The summed E-state index contributed by atoms with van der Waals surface area (Å²) in [6, 6.07) is 6.42. The molecule has 3 aromatic rings. The lowest BCUT2D eigenvalue weighted by Gasteiger charge is -2.33. The van der Waals surface area contributed by atoms with Gasteiger partial charge in [-0.1, -0.05) is 6.92 Å². The molecule has 1 unspecified atom stereocenters. The van der Waals surface area contributed by atoms with Crippen molar-refractivity contribution in [3.63, 3.8) is 0 Å². The molecule has 4 heterocycles. The van der Waals surface area contributed by atoms with Crippen molar-refractivity contribution in [3.05, 3.63) is 43.4 Å². The van der Waals surface area contributed by atoms with E-state index in [-0.39, 0.29) is 23.1 Å². The molecule has 3 atom stereocenters. The number of aromatic amines is 1. The van der Waals surface area contributed by atoms with Gasteiger partial charge < -0.3 is 9.64 Å². The van der Waals surface area contributed by atoms with Crippen molar-refractivity contribution in [2.75, 3.05) is 27.7 Å². The molecule has 2 aliphatic rings. The van der Waals surface area contributed by atoms with Gasteiger partial charge in [-0.05, 0) is 75.8 Å². The third kappa shape index (κ3) is 5.00. The zero-order chi connectivity index (χ0) is 27.0. The van der Waals surface area contributed by atoms with Crippen LogP contribution in [0.4, 0.5) is 5.00 Å². The summed E-state index contributed by atoms with van der Waals surface area (Å²) in [5.74, 6) is 0. The molecule has 0 amide bonds. The fraction of sp³-hybridized carbons (Fsp3) is 0.519. The smallest absolute Gasteiger partial charge is 0.297 e. The van der Waals surface area contributed by atoms with E-state index in [0.29, 0.717) is 23.0 Å². The van der Waals surface area contributed by atoms with Crippen molar-refractivity contribution >= 4 is 34.2 Å². The third-order valence-electron chi connectivity index (χ3n) is 7.57. The number of rotatable bonds is 7. The van der Waals surface area contributed by atoms with Gasteiger partial charge >= 0.3 is 0 Å². The number of ether oxygens (including phenoxy) is 1. The van der Waals surface area contributed by atoms with E-state index < -0.39 is 0 Å². The second-order valence-electron chi connectivity index (χ2n) is 10.6. The molecule has 5 rings (SSSR count). The quantitative estimate of drug-likeness (QED) is 0.339. The Kier molecular flexibility index (Phi) is 7.40. The van der Waals surface area contributed by atoms with Gasteiger partial charge in [0.25, 0.3) is 11.6 Å². The summed E-state index contributed by atoms with van der Waals surface area (Å²) in [5.41, 5.74) is 2.20. The van der Waals surface area contributed by atoms with Gasteiger partial charge in [-0.2, -0.15) is 14.6 Å². The molecule has 11 heteroatoms. The van der Waals surface area contributed by atoms with E-state index in [4.69, 9.17) is 9.11 Å². The molecule has 3 aromatic heterocycles. The number of likely N-dealkylation sites (tertiary alicyclic amines) is 1. The van der Waals surface area contributed by atoms with Crippen molar-refractivity contribution in [2.24, 2.45) is 4.99 Å². The van der Waals surface area contributed by atoms with Crippen molar-refractivity contribution in [2.45, 2.75) is 63.5 Å². The number of nitriles is 1. The summed E-state index contributed by atoms with van der Waals surface area (Å²) in [7, 11) is 5.93. The van der Waals surface area contributed by atoms with Gasteiger partial charge in [0.05, 0.1) is 11.9 Å². The van der Waals surface area contributed by atoms with Crippen LogP contribution in [0.2, 0.25) is 0 Å². The fourth-order valence-corrected chi connectivity index (χ4v) is 7.79. The molecule has 0 aromatic carbocycles. The second-order valence-corrected chi connectivity index (χ2v) is 12.5. The predicted molar refractivity (Wildman–Crippen MR) is 152 cm³/mol. The van der Waals surface area contributed by atoms with Gasteiger partial charge in [-0.3, -0.25) is 14.7 Å². The number of aliphatic imine (C=N–C) groups is 1. The monoisotopic (exact) mass is 551 g/mol. The molecular formula is C27H33N7O2S2. The lowest BCUT2D eigenvalue weighted by molar-refractivity contribution is 0.112. The summed E-state index contributed by atoms with van der Waals surface area (Å²) in [6.45, 7) is 5.26. The predicted octanol–water partition coefficient (Wildman–Crippen LogP) is 4.55. The first-order valence-electron chi connectivity index (χ1n) is 12.9. The number of fused-ring (bicyclic) bond motifs is 1. The van der Waals surface area contributed by atoms with E-state index in [2.05, 4.69) is 39.9 Å². The number of aromatic nitrogens is 3.